The number of para-hydroxylation sites is 1. The van der Waals surface area contributed by atoms with E-state index in [1.165, 1.54) is 0 Å². The first kappa shape index (κ1) is 13.5. The van der Waals surface area contributed by atoms with Crippen molar-refractivity contribution in [2.75, 3.05) is 18.1 Å². The van der Waals surface area contributed by atoms with E-state index in [2.05, 4.69) is 0 Å². The molecule has 0 aromatic heterocycles. The molecule has 1 aromatic rings. The zero-order valence-electron chi connectivity index (χ0n) is 12.3. The average Bonchev–Trinajstić information content (AvgIpc) is 3.17. The molecule has 1 amide bonds. The summed E-state index contributed by atoms with van der Waals surface area (Å²) in [4.78, 5) is 26.9. The maximum absolute atomic E-state index is 12.9. The largest absolute Gasteiger partial charge is 0.466 e. The van der Waals surface area contributed by atoms with Crippen molar-refractivity contribution in [1.82, 2.24) is 0 Å². The monoisotopic (exact) mass is 299 g/mol. The third kappa shape index (κ3) is 1.69. The zero-order chi connectivity index (χ0) is 15.3. The van der Waals surface area contributed by atoms with Crippen molar-refractivity contribution in [3.63, 3.8) is 0 Å². The van der Waals surface area contributed by atoms with Gasteiger partial charge in [-0.1, -0.05) is 30.4 Å². The van der Waals surface area contributed by atoms with E-state index >= 15 is 0 Å². The summed E-state index contributed by atoms with van der Waals surface area (Å²) in [5.74, 6) is -1.42. The van der Waals surface area contributed by atoms with Crippen molar-refractivity contribution in [1.29, 1.82) is 0 Å². The minimum absolute atomic E-state index is 0.0592. The molecule has 4 atom stereocenters. The maximum Gasteiger partial charge on any atom is 0.312 e. The third-order valence-corrected chi connectivity index (χ3v) is 4.73. The molecule has 114 valence electrons. The van der Waals surface area contributed by atoms with E-state index in [1.54, 1.807) is 11.8 Å². The highest BCUT2D eigenvalue weighted by molar-refractivity contribution is 6.02. The molecule has 3 aliphatic rings. The zero-order valence-corrected chi connectivity index (χ0v) is 12.3. The number of benzene rings is 1. The lowest BCUT2D eigenvalue weighted by atomic mass is 9.77. The first-order valence-electron chi connectivity index (χ1n) is 7.56. The fraction of sp³-hybridized carbons (Fsp3) is 0.412. The van der Waals surface area contributed by atoms with Crippen LogP contribution in [-0.4, -0.2) is 36.7 Å². The van der Waals surface area contributed by atoms with Crippen molar-refractivity contribution in [2.45, 2.75) is 18.6 Å². The van der Waals surface area contributed by atoms with Crippen LogP contribution in [0.4, 0.5) is 5.69 Å². The lowest BCUT2D eigenvalue weighted by molar-refractivity contribution is -0.151. The Morgan fingerprint density at radius 3 is 2.91 bits per heavy atom. The Kier molecular flexibility index (Phi) is 2.87. The molecule has 5 nitrogen and oxygen atoms in total. The maximum atomic E-state index is 12.9. The number of anilines is 1. The Morgan fingerprint density at radius 2 is 2.18 bits per heavy atom. The van der Waals surface area contributed by atoms with Crippen molar-refractivity contribution in [2.24, 2.45) is 11.8 Å². The van der Waals surface area contributed by atoms with Gasteiger partial charge in [0.05, 0.1) is 25.2 Å². The Labute approximate surface area is 128 Å². The van der Waals surface area contributed by atoms with Gasteiger partial charge in [-0.2, -0.15) is 0 Å². The van der Waals surface area contributed by atoms with Crippen LogP contribution in [0.25, 0.3) is 0 Å². The van der Waals surface area contributed by atoms with Crippen LogP contribution in [0, 0.1) is 11.8 Å². The van der Waals surface area contributed by atoms with Crippen LogP contribution in [-0.2, 0) is 19.1 Å². The van der Waals surface area contributed by atoms with E-state index in [0.29, 0.717) is 13.2 Å². The standard InChI is InChI=1S/C17H17NO4/c1-2-21-16(20)13-12-8-9-17(22-12)10-18(15(19)14(13)17)11-6-4-3-5-7-11/h3-9,12-14H,2,10H2,1H3/t12-,13?,14-,17?/m1/s1. The molecule has 0 radical (unpaired) electrons. The summed E-state index contributed by atoms with van der Waals surface area (Å²) in [6, 6.07) is 9.49. The van der Waals surface area contributed by atoms with Crippen molar-refractivity contribution < 1.29 is 19.1 Å². The molecule has 0 N–H and O–H groups in total. The lowest BCUT2D eigenvalue weighted by Gasteiger charge is -2.22. The van der Waals surface area contributed by atoms with E-state index in [1.807, 2.05) is 42.5 Å². The molecule has 0 saturated carbocycles. The van der Waals surface area contributed by atoms with Gasteiger partial charge in [0.15, 0.2) is 0 Å². The second kappa shape index (κ2) is 4.68. The van der Waals surface area contributed by atoms with Gasteiger partial charge >= 0.3 is 5.97 Å². The predicted molar refractivity (Wildman–Crippen MR) is 79.2 cm³/mol. The van der Waals surface area contributed by atoms with E-state index in [9.17, 15) is 9.59 Å². The fourth-order valence-corrected chi connectivity index (χ4v) is 3.83. The van der Waals surface area contributed by atoms with Crippen molar-refractivity contribution >= 4 is 17.6 Å². The number of ether oxygens (including phenoxy) is 2. The van der Waals surface area contributed by atoms with Gasteiger partial charge < -0.3 is 14.4 Å². The minimum atomic E-state index is -0.685. The number of amides is 1. The Balaban J connectivity index is 1.69. The van der Waals surface area contributed by atoms with Crippen LogP contribution in [0.3, 0.4) is 0 Å². The molecule has 3 heterocycles. The normalized spacial score (nSPS) is 35.0. The number of esters is 1. The number of hydrogen-bond donors (Lipinski definition) is 0. The van der Waals surface area contributed by atoms with Crippen LogP contribution < -0.4 is 4.90 Å². The minimum Gasteiger partial charge on any atom is -0.466 e. The van der Waals surface area contributed by atoms with E-state index in [0.717, 1.165) is 5.69 Å². The fourth-order valence-electron chi connectivity index (χ4n) is 3.83. The first-order chi connectivity index (χ1) is 10.7. The van der Waals surface area contributed by atoms with Gasteiger partial charge in [-0.05, 0) is 19.1 Å². The van der Waals surface area contributed by atoms with Gasteiger partial charge in [0.1, 0.15) is 11.5 Å². The van der Waals surface area contributed by atoms with E-state index in [4.69, 9.17) is 9.47 Å². The number of carbonyl (C=O) groups excluding carboxylic acids is 2. The molecule has 1 aromatic carbocycles. The van der Waals surface area contributed by atoms with Crippen LogP contribution in [0.5, 0.6) is 0 Å². The molecule has 2 saturated heterocycles. The van der Waals surface area contributed by atoms with E-state index in [-0.39, 0.29) is 18.0 Å². The van der Waals surface area contributed by atoms with Crippen LogP contribution in [0.15, 0.2) is 42.5 Å². The molecule has 1 spiro atoms. The molecular formula is C17H17NO4. The highest BCUT2D eigenvalue weighted by Crippen LogP contribution is 2.52. The summed E-state index contributed by atoms with van der Waals surface area (Å²) in [5, 5.41) is 0. The third-order valence-electron chi connectivity index (χ3n) is 4.73. The molecule has 22 heavy (non-hydrogen) atoms. The molecule has 5 heteroatoms. The molecule has 2 bridgehead atoms. The molecular weight excluding hydrogens is 282 g/mol. The average molecular weight is 299 g/mol. The smallest absolute Gasteiger partial charge is 0.312 e. The van der Waals surface area contributed by atoms with Gasteiger partial charge in [0.2, 0.25) is 5.91 Å². The van der Waals surface area contributed by atoms with Gasteiger partial charge in [-0.25, -0.2) is 0 Å². The van der Waals surface area contributed by atoms with Crippen molar-refractivity contribution in [3.05, 3.63) is 42.5 Å². The Morgan fingerprint density at radius 1 is 1.41 bits per heavy atom. The highest BCUT2D eigenvalue weighted by Gasteiger charge is 2.67. The molecule has 3 aliphatic heterocycles. The SMILES string of the molecule is CCOC(=O)C1[C@H]2C=CC3(CN(c4ccccc4)C(=O)[C@@H]13)O2. The summed E-state index contributed by atoms with van der Waals surface area (Å²) >= 11 is 0. The number of carbonyl (C=O) groups is 2. The first-order valence-corrected chi connectivity index (χ1v) is 7.56. The summed E-state index contributed by atoms with van der Waals surface area (Å²) in [6.07, 6.45) is 3.49. The van der Waals surface area contributed by atoms with Gasteiger partial charge in [0, 0.05) is 5.69 Å². The van der Waals surface area contributed by atoms with Gasteiger partial charge in [0.25, 0.3) is 0 Å². The quantitative estimate of drug-likeness (QED) is 0.627. The summed E-state index contributed by atoms with van der Waals surface area (Å²) in [5.41, 5.74) is 0.147. The van der Waals surface area contributed by atoms with Gasteiger partial charge in [-0.15, -0.1) is 0 Å². The number of hydrogen-bond acceptors (Lipinski definition) is 4. The Bertz CT molecular complexity index is 656. The topological polar surface area (TPSA) is 55.8 Å². The lowest BCUT2D eigenvalue weighted by Crippen LogP contribution is -2.40. The molecule has 2 unspecified atom stereocenters. The highest BCUT2D eigenvalue weighted by atomic mass is 16.6. The summed E-state index contributed by atoms with van der Waals surface area (Å²) in [6.45, 7) is 2.52. The number of nitrogens with zero attached hydrogens (tertiary/aromatic N) is 1. The van der Waals surface area contributed by atoms with Crippen molar-refractivity contribution in [3.8, 4) is 0 Å². The number of rotatable bonds is 3. The Hall–Kier alpha value is -2.14. The molecule has 4 rings (SSSR count). The van der Waals surface area contributed by atoms with Crippen LogP contribution in [0.1, 0.15) is 6.92 Å². The summed E-state index contributed by atoms with van der Waals surface area (Å²) in [7, 11) is 0. The van der Waals surface area contributed by atoms with E-state index < -0.39 is 17.4 Å². The second-order valence-electron chi connectivity index (χ2n) is 5.91. The number of fused-ring (bicyclic) bond motifs is 1. The van der Waals surface area contributed by atoms with Gasteiger partial charge in [-0.3, -0.25) is 9.59 Å². The second-order valence-corrected chi connectivity index (χ2v) is 5.91. The summed E-state index contributed by atoms with van der Waals surface area (Å²) < 4.78 is 11.2. The predicted octanol–water partition coefficient (Wildman–Crippen LogP) is 1.54. The van der Waals surface area contributed by atoms with Crippen LogP contribution in [0.2, 0.25) is 0 Å². The molecule has 0 aliphatic carbocycles. The molecule has 2 fully saturated rings. The van der Waals surface area contributed by atoms with Crippen LogP contribution >= 0.6 is 0 Å².